The van der Waals surface area contributed by atoms with Crippen molar-refractivity contribution in [3.8, 4) is 0 Å². The minimum absolute atomic E-state index is 0.0638. The number of carboxylic acid groups (broad SMARTS) is 1. The number of hydrogen-bond donors (Lipinski definition) is 2. The number of aryl methyl sites for hydroxylation is 1. The molecule has 0 fully saturated rings. The number of amides is 1. The van der Waals surface area contributed by atoms with E-state index in [2.05, 4.69) is 5.32 Å². The highest BCUT2D eigenvalue weighted by Crippen LogP contribution is 2.11. The van der Waals surface area contributed by atoms with Crippen LogP contribution >= 0.6 is 11.3 Å². The van der Waals surface area contributed by atoms with E-state index in [1.54, 1.807) is 18.3 Å². The van der Waals surface area contributed by atoms with Gasteiger partial charge in [-0.05, 0) is 31.2 Å². The van der Waals surface area contributed by atoms with Crippen molar-refractivity contribution in [3.05, 3.63) is 34.2 Å². The molecule has 5 heteroatoms. The molecule has 1 aromatic heterocycles. The third-order valence-corrected chi connectivity index (χ3v) is 3.14. The summed E-state index contributed by atoms with van der Waals surface area (Å²) in [5.74, 6) is -1.36. The minimum atomic E-state index is -1.11. The number of thiophene rings is 1. The Morgan fingerprint density at radius 1 is 1.53 bits per heavy atom. The van der Waals surface area contributed by atoms with Crippen molar-refractivity contribution < 1.29 is 14.7 Å². The summed E-state index contributed by atoms with van der Waals surface area (Å²) in [7, 11) is 0. The Morgan fingerprint density at radius 3 is 2.82 bits per heavy atom. The molecule has 0 aromatic carbocycles. The zero-order valence-electron chi connectivity index (χ0n) is 9.60. The highest BCUT2D eigenvalue weighted by atomic mass is 32.1. The molecule has 0 saturated heterocycles. The summed E-state index contributed by atoms with van der Waals surface area (Å²) in [5.41, 5.74) is -0.0638. The quantitative estimate of drug-likeness (QED) is 0.764. The summed E-state index contributed by atoms with van der Waals surface area (Å²) in [6.45, 7) is 1.58. The van der Waals surface area contributed by atoms with Crippen LogP contribution in [0.25, 0.3) is 0 Å². The first-order valence-electron chi connectivity index (χ1n) is 5.35. The lowest BCUT2D eigenvalue weighted by molar-refractivity contribution is -0.134. The molecule has 2 N–H and O–H groups in total. The molecule has 0 aliphatic rings. The van der Waals surface area contributed by atoms with Gasteiger partial charge >= 0.3 is 5.97 Å². The van der Waals surface area contributed by atoms with Crippen LogP contribution in [0.3, 0.4) is 0 Å². The molecule has 1 rings (SSSR count). The van der Waals surface area contributed by atoms with E-state index >= 15 is 0 Å². The first-order valence-corrected chi connectivity index (χ1v) is 6.23. The van der Waals surface area contributed by atoms with Crippen LogP contribution < -0.4 is 5.32 Å². The van der Waals surface area contributed by atoms with Crippen LogP contribution in [0.5, 0.6) is 0 Å². The maximum absolute atomic E-state index is 11.4. The first kappa shape index (κ1) is 13.4. The van der Waals surface area contributed by atoms with E-state index < -0.39 is 5.97 Å². The number of allylic oxidation sites excluding steroid dienone is 1. The second-order valence-corrected chi connectivity index (χ2v) is 4.52. The fourth-order valence-electron chi connectivity index (χ4n) is 1.34. The Hall–Kier alpha value is -1.62. The second kappa shape index (κ2) is 6.85. The van der Waals surface area contributed by atoms with Crippen LogP contribution in [0.15, 0.2) is 29.3 Å². The topological polar surface area (TPSA) is 66.4 Å². The van der Waals surface area contributed by atoms with Gasteiger partial charge in [0, 0.05) is 11.3 Å². The maximum Gasteiger partial charge on any atom is 0.352 e. The van der Waals surface area contributed by atoms with Gasteiger partial charge in [-0.1, -0.05) is 12.1 Å². The van der Waals surface area contributed by atoms with Gasteiger partial charge < -0.3 is 10.4 Å². The normalized spacial score (nSPS) is 11.2. The summed E-state index contributed by atoms with van der Waals surface area (Å²) < 4.78 is 0. The predicted octanol–water partition coefficient (Wildman–Crippen LogP) is 2.18. The number of carboxylic acids is 1. The molecule has 0 unspecified atom stereocenters. The molecule has 1 heterocycles. The zero-order valence-corrected chi connectivity index (χ0v) is 10.4. The third-order valence-electron chi connectivity index (χ3n) is 2.20. The Morgan fingerprint density at radius 2 is 2.29 bits per heavy atom. The van der Waals surface area contributed by atoms with Gasteiger partial charge in [0.05, 0.1) is 0 Å². The number of rotatable bonds is 6. The molecule has 0 bridgehead atoms. The average molecular weight is 253 g/mol. The van der Waals surface area contributed by atoms with Crippen molar-refractivity contribution >= 4 is 23.2 Å². The highest BCUT2D eigenvalue weighted by Gasteiger charge is 2.09. The van der Waals surface area contributed by atoms with Gasteiger partial charge in [-0.2, -0.15) is 0 Å². The van der Waals surface area contributed by atoms with Crippen molar-refractivity contribution in [1.29, 1.82) is 0 Å². The van der Waals surface area contributed by atoms with Crippen molar-refractivity contribution in [3.63, 3.8) is 0 Å². The second-order valence-electron chi connectivity index (χ2n) is 3.49. The fourth-order valence-corrected chi connectivity index (χ4v) is 2.09. The lowest BCUT2D eigenvalue weighted by Gasteiger charge is -2.04. The van der Waals surface area contributed by atoms with Crippen molar-refractivity contribution in [2.24, 2.45) is 0 Å². The predicted molar refractivity (Wildman–Crippen MR) is 66.8 cm³/mol. The molecule has 0 aliphatic heterocycles. The summed E-state index contributed by atoms with van der Waals surface area (Å²) >= 11 is 1.66. The maximum atomic E-state index is 11.4. The van der Waals surface area contributed by atoms with Crippen LogP contribution in [0.4, 0.5) is 0 Å². The van der Waals surface area contributed by atoms with Crippen LogP contribution in [0.2, 0.25) is 0 Å². The molecule has 4 nitrogen and oxygen atoms in total. The Labute approximate surface area is 104 Å². The van der Waals surface area contributed by atoms with E-state index in [1.807, 2.05) is 17.5 Å². The van der Waals surface area contributed by atoms with E-state index in [0.29, 0.717) is 6.42 Å². The summed E-state index contributed by atoms with van der Waals surface area (Å²) in [6.07, 6.45) is 3.29. The number of nitrogens with one attached hydrogen (secondary N) is 1. The minimum Gasteiger partial charge on any atom is -0.477 e. The molecule has 0 aliphatic carbocycles. The van der Waals surface area contributed by atoms with Crippen LogP contribution in [0, 0.1) is 0 Å². The number of hydrogen-bond acceptors (Lipinski definition) is 3. The number of carbonyl (C=O) groups is 2. The Kier molecular flexibility index (Phi) is 5.42. The van der Waals surface area contributed by atoms with Crippen LogP contribution in [-0.2, 0) is 16.0 Å². The van der Waals surface area contributed by atoms with E-state index in [9.17, 15) is 9.59 Å². The largest absolute Gasteiger partial charge is 0.477 e. The van der Waals surface area contributed by atoms with Gasteiger partial charge in [0.1, 0.15) is 5.70 Å². The standard InChI is InChI=1S/C12H15NO3S/c1-2-10(12(15)16)13-11(14)7-3-5-9-6-4-8-17-9/h2,4,6,8H,3,5,7H2,1H3,(H,13,14)(H,15,16)/b10-2-. The molecular formula is C12H15NO3S. The van der Waals surface area contributed by atoms with Gasteiger partial charge in [0.15, 0.2) is 0 Å². The summed E-state index contributed by atoms with van der Waals surface area (Å²) in [4.78, 5) is 23.3. The zero-order chi connectivity index (χ0) is 12.7. The van der Waals surface area contributed by atoms with E-state index in [4.69, 9.17) is 5.11 Å². The van der Waals surface area contributed by atoms with Gasteiger partial charge in [-0.3, -0.25) is 4.79 Å². The molecule has 17 heavy (non-hydrogen) atoms. The molecule has 1 amide bonds. The molecule has 0 saturated carbocycles. The average Bonchev–Trinajstić information content (AvgIpc) is 2.78. The summed E-state index contributed by atoms with van der Waals surface area (Å²) in [5, 5.41) is 13.1. The smallest absolute Gasteiger partial charge is 0.352 e. The number of carbonyl (C=O) groups excluding carboxylic acids is 1. The molecule has 92 valence electrons. The van der Waals surface area contributed by atoms with Crippen LogP contribution in [-0.4, -0.2) is 17.0 Å². The monoisotopic (exact) mass is 253 g/mol. The molecule has 1 aromatic rings. The lowest BCUT2D eigenvalue weighted by Crippen LogP contribution is -2.26. The van der Waals surface area contributed by atoms with Gasteiger partial charge in [-0.15, -0.1) is 11.3 Å². The molecule has 0 spiro atoms. The number of aliphatic carboxylic acids is 1. The Balaban J connectivity index is 2.28. The van der Waals surface area contributed by atoms with E-state index in [-0.39, 0.29) is 11.6 Å². The van der Waals surface area contributed by atoms with Crippen molar-refractivity contribution in [1.82, 2.24) is 5.32 Å². The van der Waals surface area contributed by atoms with Gasteiger partial charge in [0.25, 0.3) is 0 Å². The van der Waals surface area contributed by atoms with E-state index in [0.717, 1.165) is 12.8 Å². The molecule has 0 radical (unpaired) electrons. The lowest BCUT2D eigenvalue weighted by atomic mass is 10.2. The molecule has 0 atom stereocenters. The van der Waals surface area contributed by atoms with Crippen molar-refractivity contribution in [2.75, 3.05) is 0 Å². The van der Waals surface area contributed by atoms with Crippen LogP contribution in [0.1, 0.15) is 24.6 Å². The summed E-state index contributed by atoms with van der Waals surface area (Å²) in [6, 6.07) is 4.00. The van der Waals surface area contributed by atoms with Crippen molar-refractivity contribution in [2.45, 2.75) is 26.2 Å². The Bertz CT molecular complexity index is 409. The van der Waals surface area contributed by atoms with E-state index in [1.165, 1.54) is 11.0 Å². The third kappa shape index (κ3) is 4.82. The first-order chi connectivity index (χ1) is 8.13. The SMILES string of the molecule is C/C=C(\NC(=O)CCCc1cccs1)C(=O)O. The molecular weight excluding hydrogens is 238 g/mol. The fraction of sp³-hybridized carbons (Fsp3) is 0.333. The van der Waals surface area contributed by atoms with Gasteiger partial charge in [-0.25, -0.2) is 4.79 Å². The van der Waals surface area contributed by atoms with Gasteiger partial charge in [0.2, 0.25) is 5.91 Å². The highest BCUT2D eigenvalue weighted by molar-refractivity contribution is 7.09.